The van der Waals surface area contributed by atoms with Crippen LogP contribution in [0.15, 0.2) is 53.4 Å². The van der Waals surface area contributed by atoms with Crippen molar-refractivity contribution in [1.82, 2.24) is 0 Å². The molecule has 21 heavy (non-hydrogen) atoms. The van der Waals surface area contributed by atoms with E-state index in [2.05, 4.69) is 4.72 Å². The number of para-hydroxylation sites is 1. The van der Waals surface area contributed by atoms with Crippen LogP contribution in [-0.4, -0.2) is 8.42 Å². The van der Waals surface area contributed by atoms with Crippen LogP contribution >= 0.6 is 0 Å². The van der Waals surface area contributed by atoms with Crippen LogP contribution in [0.25, 0.3) is 0 Å². The highest BCUT2D eigenvalue weighted by atomic mass is 32.2. The lowest BCUT2D eigenvalue weighted by Crippen LogP contribution is -2.15. The van der Waals surface area contributed by atoms with Crippen LogP contribution in [-0.2, 0) is 10.0 Å². The van der Waals surface area contributed by atoms with Crippen LogP contribution in [0.3, 0.4) is 0 Å². The van der Waals surface area contributed by atoms with Gasteiger partial charge in [0.15, 0.2) is 0 Å². The minimum atomic E-state index is -3.61. The first-order chi connectivity index (χ1) is 9.94. The quantitative estimate of drug-likeness (QED) is 0.891. The molecule has 0 saturated heterocycles. The average molecular weight is 304 g/mol. The summed E-state index contributed by atoms with van der Waals surface area (Å²) in [6, 6.07) is 13.9. The van der Waals surface area contributed by atoms with Gasteiger partial charge >= 0.3 is 0 Å². The highest BCUT2D eigenvalue weighted by Crippen LogP contribution is 2.22. The Balaban J connectivity index is 2.34. The van der Waals surface area contributed by atoms with Gasteiger partial charge in [-0.25, -0.2) is 8.42 Å². The number of aryl methyl sites for hydroxylation is 1. The Kier molecular flexibility index (Phi) is 4.65. The monoisotopic (exact) mass is 304 g/mol. The average Bonchev–Trinajstić information content (AvgIpc) is 2.49. The zero-order valence-electron chi connectivity index (χ0n) is 12.2. The molecule has 1 atom stereocenters. The van der Waals surface area contributed by atoms with Gasteiger partial charge in [0, 0.05) is 6.04 Å². The van der Waals surface area contributed by atoms with Crippen LogP contribution in [0.5, 0.6) is 0 Å². The Hall–Kier alpha value is -1.85. The van der Waals surface area contributed by atoms with Gasteiger partial charge in [-0.3, -0.25) is 4.72 Å². The first-order valence-electron chi connectivity index (χ1n) is 6.88. The molecule has 0 heterocycles. The molecule has 2 rings (SSSR count). The van der Waals surface area contributed by atoms with E-state index in [0.717, 1.165) is 17.5 Å². The van der Waals surface area contributed by atoms with Crippen molar-refractivity contribution in [3.63, 3.8) is 0 Å². The van der Waals surface area contributed by atoms with E-state index in [0.29, 0.717) is 5.69 Å². The number of hydrogen-bond acceptors (Lipinski definition) is 3. The Labute approximate surface area is 126 Å². The maximum Gasteiger partial charge on any atom is 0.261 e. The van der Waals surface area contributed by atoms with Crippen LogP contribution in [0.2, 0.25) is 0 Å². The minimum absolute atomic E-state index is 0.154. The van der Waals surface area contributed by atoms with E-state index in [-0.39, 0.29) is 10.9 Å². The fourth-order valence-electron chi connectivity index (χ4n) is 2.04. The second-order valence-corrected chi connectivity index (χ2v) is 6.69. The van der Waals surface area contributed by atoms with Gasteiger partial charge in [-0.15, -0.1) is 0 Å². The zero-order valence-corrected chi connectivity index (χ0v) is 13.0. The van der Waals surface area contributed by atoms with Crippen LogP contribution in [0.1, 0.15) is 30.5 Å². The van der Waals surface area contributed by atoms with Crippen molar-refractivity contribution in [3.8, 4) is 0 Å². The molecule has 5 heteroatoms. The Bertz CT molecular complexity index is 727. The van der Waals surface area contributed by atoms with Crippen molar-refractivity contribution in [2.24, 2.45) is 5.73 Å². The number of nitrogens with two attached hydrogens (primary N) is 1. The van der Waals surface area contributed by atoms with E-state index in [1.807, 2.05) is 32.0 Å². The van der Waals surface area contributed by atoms with E-state index in [4.69, 9.17) is 5.73 Å². The molecular weight excluding hydrogens is 284 g/mol. The Morgan fingerprint density at radius 2 is 1.86 bits per heavy atom. The molecule has 0 amide bonds. The molecule has 4 nitrogen and oxygen atoms in total. The smallest absolute Gasteiger partial charge is 0.261 e. The molecule has 0 saturated carbocycles. The van der Waals surface area contributed by atoms with E-state index in [1.165, 1.54) is 0 Å². The number of hydrogen-bond donors (Lipinski definition) is 2. The molecule has 0 spiro atoms. The summed E-state index contributed by atoms with van der Waals surface area (Å²) in [5.41, 5.74) is 8.26. The zero-order chi connectivity index (χ0) is 15.5. The first-order valence-corrected chi connectivity index (χ1v) is 8.36. The van der Waals surface area contributed by atoms with Crippen molar-refractivity contribution in [2.45, 2.75) is 31.2 Å². The fraction of sp³-hybridized carbons (Fsp3) is 0.250. The summed E-state index contributed by atoms with van der Waals surface area (Å²) in [6.07, 6.45) is 0.759. The lowest BCUT2D eigenvalue weighted by atomic mass is 10.1. The molecule has 3 N–H and O–H groups in total. The summed E-state index contributed by atoms with van der Waals surface area (Å²) < 4.78 is 27.5. The summed E-state index contributed by atoms with van der Waals surface area (Å²) in [6.45, 7) is 3.83. The van der Waals surface area contributed by atoms with E-state index < -0.39 is 10.0 Å². The van der Waals surface area contributed by atoms with Gasteiger partial charge in [0.1, 0.15) is 0 Å². The van der Waals surface area contributed by atoms with E-state index >= 15 is 0 Å². The SMILES string of the molecule is CCC(N)c1cccc(S(=O)(=O)Nc2ccccc2C)c1. The predicted octanol–water partition coefficient (Wildman–Crippen LogP) is 3.21. The summed E-state index contributed by atoms with van der Waals surface area (Å²) >= 11 is 0. The summed E-state index contributed by atoms with van der Waals surface area (Å²) in [5.74, 6) is 0. The maximum absolute atomic E-state index is 12.5. The second-order valence-electron chi connectivity index (χ2n) is 5.01. The van der Waals surface area contributed by atoms with Crippen molar-refractivity contribution in [1.29, 1.82) is 0 Å². The van der Waals surface area contributed by atoms with Crippen molar-refractivity contribution < 1.29 is 8.42 Å². The minimum Gasteiger partial charge on any atom is -0.324 e. The molecule has 0 bridgehead atoms. The van der Waals surface area contributed by atoms with Gasteiger partial charge in [0.2, 0.25) is 0 Å². The Morgan fingerprint density at radius 3 is 2.52 bits per heavy atom. The molecule has 0 aliphatic carbocycles. The molecule has 112 valence electrons. The molecular formula is C16H20N2O2S. The molecule has 2 aromatic rings. The molecule has 0 aliphatic rings. The maximum atomic E-state index is 12.5. The topological polar surface area (TPSA) is 72.2 Å². The normalized spacial score (nSPS) is 12.9. The van der Waals surface area contributed by atoms with Gasteiger partial charge < -0.3 is 5.73 Å². The summed E-state index contributed by atoms with van der Waals surface area (Å²) in [5, 5.41) is 0. The number of nitrogens with one attached hydrogen (secondary N) is 1. The number of sulfonamides is 1. The predicted molar refractivity (Wildman–Crippen MR) is 85.6 cm³/mol. The van der Waals surface area contributed by atoms with E-state index in [9.17, 15) is 8.42 Å². The molecule has 0 aromatic heterocycles. The van der Waals surface area contributed by atoms with Gasteiger partial charge in [0.25, 0.3) is 10.0 Å². The number of benzene rings is 2. The largest absolute Gasteiger partial charge is 0.324 e. The van der Waals surface area contributed by atoms with Crippen molar-refractivity contribution >= 4 is 15.7 Å². The molecule has 2 aromatic carbocycles. The van der Waals surface area contributed by atoms with Crippen molar-refractivity contribution in [2.75, 3.05) is 4.72 Å². The molecule has 0 aliphatic heterocycles. The lowest BCUT2D eigenvalue weighted by Gasteiger charge is -2.13. The van der Waals surface area contributed by atoms with Crippen molar-refractivity contribution in [3.05, 3.63) is 59.7 Å². The highest BCUT2D eigenvalue weighted by Gasteiger charge is 2.16. The second kappa shape index (κ2) is 6.28. The summed E-state index contributed by atoms with van der Waals surface area (Å²) in [7, 11) is -3.61. The molecule has 0 fully saturated rings. The third-order valence-corrected chi connectivity index (χ3v) is 4.79. The van der Waals surface area contributed by atoms with Gasteiger partial charge in [0.05, 0.1) is 10.6 Å². The third kappa shape index (κ3) is 3.62. The fourth-order valence-corrected chi connectivity index (χ4v) is 3.22. The standard InChI is InChI=1S/C16H20N2O2S/c1-3-15(17)13-8-6-9-14(11-13)21(19,20)18-16-10-5-4-7-12(16)2/h4-11,15,18H,3,17H2,1-2H3. The first kappa shape index (κ1) is 15.5. The van der Waals surface area contributed by atoms with Gasteiger partial charge in [-0.2, -0.15) is 0 Å². The summed E-state index contributed by atoms with van der Waals surface area (Å²) in [4.78, 5) is 0.229. The number of rotatable bonds is 5. The third-order valence-electron chi connectivity index (χ3n) is 3.43. The Morgan fingerprint density at radius 1 is 1.14 bits per heavy atom. The van der Waals surface area contributed by atoms with Crippen LogP contribution in [0.4, 0.5) is 5.69 Å². The highest BCUT2D eigenvalue weighted by molar-refractivity contribution is 7.92. The number of anilines is 1. The van der Waals surface area contributed by atoms with Crippen LogP contribution in [0, 0.1) is 6.92 Å². The van der Waals surface area contributed by atoms with Gasteiger partial charge in [-0.1, -0.05) is 37.3 Å². The van der Waals surface area contributed by atoms with E-state index in [1.54, 1.807) is 30.3 Å². The lowest BCUT2D eigenvalue weighted by molar-refractivity contribution is 0.600. The molecule has 1 unspecified atom stereocenters. The van der Waals surface area contributed by atoms with Gasteiger partial charge in [-0.05, 0) is 42.7 Å². The van der Waals surface area contributed by atoms with Crippen LogP contribution < -0.4 is 10.5 Å². The molecule has 0 radical (unpaired) electrons.